The lowest BCUT2D eigenvalue weighted by Gasteiger charge is -2.32. The van der Waals surface area contributed by atoms with Crippen LogP contribution in [0.4, 0.5) is 0 Å². The fourth-order valence-electron chi connectivity index (χ4n) is 2.82. The first-order valence-corrected chi connectivity index (χ1v) is 6.82. The molecule has 3 heteroatoms. The lowest BCUT2D eigenvalue weighted by atomic mass is 9.86. The number of rotatable bonds is 7. The Morgan fingerprint density at radius 1 is 1.53 bits per heavy atom. The van der Waals surface area contributed by atoms with Gasteiger partial charge in [-0.15, -0.1) is 0 Å². The molecule has 0 saturated carbocycles. The zero-order chi connectivity index (χ0) is 12.7. The average Bonchev–Trinajstić information content (AvgIpc) is 2.30. The van der Waals surface area contributed by atoms with E-state index in [0.29, 0.717) is 5.92 Å². The lowest BCUT2D eigenvalue weighted by Crippen LogP contribution is -2.38. The number of aldehydes is 1. The molecule has 17 heavy (non-hydrogen) atoms. The molecule has 0 spiro atoms. The third kappa shape index (κ3) is 5.17. The maximum atomic E-state index is 11.2. The summed E-state index contributed by atoms with van der Waals surface area (Å²) in [5.41, 5.74) is -0.182. The molecule has 1 aliphatic heterocycles. The van der Waals surface area contributed by atoms with Crippen molar-refractivity contribution < 1.29 is 9.53 Å². The molecule has 2 atom stereocenters. The molecule has 3 nitrogen and oxygen atoms in total. The van der Waals surface area contributed by atoms with Crippen LogP contribution in [0.25, 0.3) is 0 Å². The van der Waals surface area contributed by atoms with Crippen molar-refractivity contribution in [2.24, 2.45) is 11.3 Å². The molecular weight excluding hydrogens is 214 g/mol. The first-order valence-electron chi connectivity index (χ1n) is 6.82. The zero-order valence-electron chi connectivity index (χ0n) is 11.6. The first-order chi connectivity index (χ1) is 8.09. The normalized spacial score (nSPS) is 24.6. The van der Waals surface area contributed by atoms with E-state index in [-0.39, 0.29) is 5.41 Å². The van der Waals surface area contributed by atoms with E-state index in [1.807, 2.05) is 0 Å². The maximum Gasteiger partial charge on any atom is 0.127 e. The molecule has 1 saturated heterocycles. The Kier molecular flexibility index (Phi) is 6.14. The predicted molar refractivity (Wildman–Crippen MR) is 70.1 cm³/mol. The minimum absolute atomic E-state index is 0.182. The summed E-state index contributed by atoms with van der Waals surface area (Å²) in [7, 11) is 2.12. The monoisotopic (exact) mass is 241 g/mol. The van der Waals surface area contributed by atoms with E-state index >= 15 is 0 Å². The highest BCUT2D eigenvalue weighted by Crippen LogP contribution is 2.23. The van der Waals surface area contributed by atoms with Crippen LogP contribution in [-0.2, 0) is 9.53 Å². The molecule has 0 amide bonds. The predicted octanol–water partition coefficient (Wildman–Crippen LogP) is 2.35. The summed E-state index contributed by atoms with van der Waals surface area (Å²) in [5, 5.41) is 0. The Hall–Kier alpha value is -0.410. The second-order valence-electron chi connectivity index (χ2n) is 5.80. The van der Waals surface area contributed by atoms with Crippen LogP contribution in [0, 0.1) is 11.3 Å². The summed E-state index contributed by atoms with van der Waals surface area (Å²) in [5.74, 6) is 0.645. The van der Waals surface area contributed by atoms with Gasteiger partial charge in [-0.2, -0.15) is 0 Å². The van der Waals surface area contributed by atoms with Crippen LogP contribution in [0.5, 0.6) is 0 Å². The molecular formula is C14H27NO2. The van der Waals surface area contributed by atoms with Gasteiger partial charge in [-0.3, -0.25) is 0 Å². The van der Waals surface area contributed by atoms with Gasteiger partial charge in [0, 0.05) is 25.1 Å². The second-order valence-corrected chi connectivity index (χ2v) is 5.80. The molecule has 0 bridgehead atoms. The topological polar surface area (TPSA) is 29.5 Å². The molecule has 2 unspecified atom stereocenters. The summed E-state index contributed by atoms with van der Waals surface area (Å²) in [6.45, 7) is 7.92. The molecule has 0 aromatic rings. The van der Waals surface area contributed by atoms with Crippen LogP contribution in [0.1, 0.15) is 39.5 Å². The molecule has 1 rings (SSSR count). The first kappa shape index (κ1) is 14.7. The summed E-state index contributed by atoms with van der Waals surface area (Å²) in [4.78, 5) is 13.5. The summed E-state index contributed by atoms with van der Waals surface area (Å²) < 4.78 is 5.49. The van der Waals surface area contributed by atoms with Gasteiger partial charge in [0.1, 0.15) is 6.29 Å². The molecule has 100 valence electrons. The van der Waals surface area contributed by atoms with Crippen molar-refractivity contribution in [1.82, 2.24) is 4.90 Å². The van der Waals surface area contributed by atoms with Crippen molar-refractivity contribution in [3.8, 4) is 0 Å². The highest BCUT2D eigenvalue weighted by atomic mass is 16.5. The number of ether oxygens (including phenoxy) is 1. The van der Waals surface area contributed by atoms with Gasteiger partial charge >= 0.3 is 0 Å². The van der Waals surface area contributed by atoms with Crippen LogP contribution in [0.2, 0.25) is 0 Å². The number of carbonyl (C=O) groups is 1. The van der Waals surface area contributed by atoms with Crippen LogP contribution < -0.4 is 0 Å². The van der Waals surface area contributed by atoms with Crippen molar-refractivity contribution in [3.05, 3.63) is 0 Å². The van der Waals surface area contributed by atoms with Gasteiger partial charge in [0.25, 0.3) is 0 Å². The van der Waals surface area contributed by atoms with E-state index < -0.39 is 0 Å². The van der Waals surface area contributed by atoms with Gasteiger partial charge in [0.15, 0.2) is 0 Å². The Morgan fingerprint density at radius 3 is 2.82 bits per heavy atom. The Balaban J connectivity index is 2.35. The largest absolute Gasteiger partial charge is 0.381 e. The van der Waals surface area contributed by atoms with E-state index in [9.17, 15) is 4.79 Å². The third-order valence-corrected chi connectivity index (χ3v) is 3.56. The van der Waals surface area contributed by atoms with Gasteiger partial charge in [0.2, 0.25) is 0 Å². The van der Waals surface area contributed by atoms with Crippen molar-refractivity contribution in [2.45, 2.75) is 39.5 Å². The Labute approximate surface area is 106 Å². The number of hydrogen-bond donors (Lipinski definition) is 0. The van der Waals surface area contributed by atoms with Crippen molar-refractivity contribution in [2.75, 3.05) is 33.4 Å². The SMILES string of the molecule is CCCC(C)(C=O)CN(C)CC1CCCOC1. The summed E-state index contributed by atoms with van der Waals surface area (Å²) >= 11 is 0. The minimum Gasteiger partial charge on any atom is -0.381 e. The van der Waals surface area contributed by atoms with Crippen molar-refractivity contribution >= 4 is 6.29 Å². The van der Waals surface area contributed by atoms with E-state index in [4.69, 9.17) is 4.74 Å². The molecule has 1 heterocycles. The number of hydrogen-bond acceptors (Lipinski definition) is 3. The van der Waals surface area contributed by atoms with Crippen LogP contribution in [-0.4, -0.2) is 44.5 Å². The van der Waals surface area contributed by atoms with Gasteiger partial charge in [-0.25, -0.2) is 0 Å². The van der Waals surface area contributed by atoms with Gasteiger partial charge in [-0.1, -0.05) is 20.3 Å². The quantitative estimate of drug-likeness (QED) is 0.641. The zero-order valence-corrected chi connectivity index (χ0v) is 11.6. The molecule has 0 aromatic carbocycles. The average molecular weight is 241 g/mol. The molecule has 1 aliphatic rings. The Bertz CT molecular complexity index is 226. The Morgan fingerprint density at radius 2 is 2.29 bits per heavy atom. The van der Waals surface area contributed by atoms with Crippen LogP contribution in [0.3, 0.4) is 0 Å². The summed E-state index contributed by atoms with van der Waals surface area (Å²) in [6, 6.07) is 0. The van der Waals surface area contributed by atoms with Gasteiger partial charge < -0.3 is 14.4 Å². The molecule has 0 aliphatic carbocycles. The van der Waals surface area contributed by atoms with Crippen LogP contribution in [0.15, 0.2) is 0 Å². The van der Waals surface area contributed by atoms with Gasteiger partial charge in [0.05, 0.1) is 6.61 Å². The smallest absolute Gasteiger partial charge is 0.127 e. The number of carbonyl (C=O) groups excluding carboxylic acids is 1. The van der Waals surface area contributed by atoms with Crippen LogP contribution >= 0.6 is 0 Å². The lowest BCUT2D eigenvalue weighted by molar-refractivity contribution is -0.116. The van der Waals surface area contributed by atoms with E-state index in [2.05, 4.69) is 25.8 Å². The van der Waals surface area contributed by atoms with E-state index in [0.717, 1.165) is 45.4 Å². The highest BCUT2D eigenvalue weighted by Gasteiger charge is 2.25. The minimum atomic E-state index is -0.182. The number of nitrogens with zero attached hydrogens (tertiary/aromatic N) is 1. The van der Waals surface area contributed by atoms with Crippen molar-refractivity contribution in [1.29, 1.82) is 0 Å². The van der Waals surface area contributed by atoms with Gasteiger partial charge in [-0.05, 0) is 32.2 Å². The second kappa shape index (κ2) is 7.12. The standard InChI is InChI=1S/C14H27NO2/c1-4-7-14(2,12-16)11-15(3)9-13-6-5-8-17-10-13/h12-13H,4-11H2,1-3H3. The molecule has 0 aromatic heterocycles. The highest BCUT2D eigenvalue weighted by molar-refractivity contribution is 5.58. The fourth-order valence-corrected chi connectivity index (χ4v) is 2.82. The maximum absolute atomic E-state index is 11.2. The fraction of sp³-hybridized carbons (Fsp3) is 0.929. The molecule has 1 fully saturated rings. The molecule has 0 radical (unpaired) electrons. The van der Waals surface area contributed by atoms with E-state index in [1.54, 1.807) is 0 Å². The van der Waals surface area contributed by atoms with E-state index in [1.165, 1.54) is 12.8 Å². The third-order valence-electron chi connectivity index (χ3n) is 3.56. The van der Waals surface area contributed by atoms with Crippen molar-refractivity contribution in [3.63, 3.8) is 0 Å². The summed E-state index contributed by atoms with van der Waals surface area (Å²) in [6.07, 6.45) is 5.61. The molecule has 0 N–H and O–H groups in total.